The summed E-state index contributed by atoms with van der Waals surface area (Å²) < 4.78 is 0.735. The number of rotatable bonds is 5. The summed E-state index contributed by atoms with van der Waals surface area (Å²) in [5, 5.41) is 20.5. The fraction of sp³-hybridized carbons (Fsp3) is 0.357. The van der Waals surface area contributed by atoms with Crippen molar-refractivity contribution in [1.29, 1.82) is 5.26 Å². The molecule has 6 nitrogen and oxygen atoms in total. The maximum Gasteiger partial charge on any atom is 0.322 e. The standard InChI is InChI=1S/C14H16BrN3O3/c1-3-18(9(2)6-13(19)20)14(21)17-12-7-11(15)5-4-10(12)8-16/h4-5,7,9H,3,6H2,1-2H3,(H,17,21)(H,19,20). The third-order valence-electron chi connectivity index (χ3n) is 2.95. The highest BCUT2D eigenvalue weighted by Gasteiger charge is 2.21. The van der Waals surface area contributed by atoms with Gasteiger partial charge in [-0.05, 0) is 32.0 Å². The average molecular weight is 354 g/mol. The smallest absolute Gasteiger partial charge is 0.322 e. The molecule has 0 bridgehead atoms. The van der Waals surface area contributed by atoms with E-state index < -0.39 is 18.0 Å². The van der Waals surface area contributed by atoms with Crippen LogP contribution in [0.2, 0.25) is 0 Å². The summed E-state index contributed by atoms with van der Waals surface area (Å²) >= 11 is 3.28. The molecule has 2 amide bonds. The van der Waals surface area contributed by atoms with Crippen molar-refractivity contribution in [1.82, 2.24) is 4.90 Å². The van der Waals surface area contributed by atoms with E-state index in [9.17, 15) is 9.59 Å². The Hall–Kier alpha value is -2.07. The van der Waals surface area contributed by atoms with E-state index in [0.29, 0.717) is 17.8 Å². The first-order valence-corrected chi connectivity index (χ1v) is 7.17. The van der Waals surface area contributed by atoms with Crippen molar-refractivity contribution in [3.8, 4) is 6.07 Å². The Kier molecular flexibility index (Phi) is 6.18. The van der Waals surface area contributed by atoms with Gasteiger partial charge in [0.25, 0.3) is 0 Å². The van der Waals surface area contributed by atoms with Gasteiger partial charge >= 0.3 is 12.0 Å². The van der Waals surface area contributed by atoms with Crippen LogP contribution >= 0.6 is 15.9 Å². The van der Waals surface area contributed by atoms with E-state index in [1.165, 1.54) is 4.90 Å². The highest BCUT2D eigenvalue weighted by atomic mass is 79.9. The van der Waals surface area contributed by atoms with Crippen molar-refractivity contribution >= 4 is 33.6 Å². The van der Waals surface area contributed by atoms with Gasteiger partial charge in [-0.1, -0.05) is 15.9 Å². The topological polar surface area (TPSA) is 93.4 Å². The second-order valence-corrected chi connectivity index (χ2v) is 5.38. The molecule has 1 atom stereocenters. The Bertz CT molecular complexity index is 583. The van der Waals surface area contributed by atoms with Crippen LogP contribution in [0.25, 0.3) is 0 Å². The normalized spacial score (nSPS) is 11.3. The summed E-state index contributed by atoms with van der Waals surface area (Å²) in [5.41, 5.74) is 0.728. The highest BCUT2D eigenvalue weighted by molar-refractivity contribution is 9.10. The molecule has 0 aromatic heterocycles. The Morgan fingerprint density at radius 1 is 1.52 bits per heavy atom. The number of hydrogen-bond acceptors (Lipinski definition) is 3. The van der Waals surface area contributed by atoms with Crippen molar-refractivity contribution < 1.29 is 14.7 Å². The van der Waals surface area contributed by atoms with Gasteiger partial charge in [-0.2, -0.15) is 5.26 Å². The van der Waals surface area contributed by atoms with Crippen LogP contribution in [0.15, 0.2) is 22.7 Å². The van der Waals surface area contributed by atoms with E-state index in [2.05, 4.69) is 21.2 Å². The quantitative estimate of drug-likeness (QED) is 0.850. The minimum absolute atomic E-state index is 0.134. The maximum absolute atomic E-state index is 12.2. The Balaban J connectivity index is 2.91. The summed E-state index contributed by atoms with van der Waals surface area (Å²) in [6.07, 6.45) is -0.134. The van der Waals surface area contributed by atoms with Crippen molar-refractivity contribution in [2.75, 3.05) is 11.9 Å². The van der Waals surface area contributed by atoms with Gasteiger partial charge in [-0.15, -0.1) is 0 Å². The molecular weight excluding hydrogens is 338 g/mol. The number of carboxylic acid groups (broad SMARTS) is 1. The second kappa shape index (κ2) is 7.64. The zero-order valence-corrected chi connectivity index (χ0v) is 13.3. The number of carboxylic acids is 1. The van der Waals surface area contributed by atoms with E-state index in [-0.39, 0.29) is 6.42 Å². The maximum atomic E-state index is 12.2. The number of halogens is 1. The number of carbonyl (C=O) groups is 2. The molecule has 2 N–H and O–H groups in total. The number of urea groups is 1. The molecule has 7 heteroatoms. The monoisotopic (exact) mass is 353 g/mol. The van der Waals surface area contributed by atoms with E-state index >= 15 is 0 Å². The zero-order valence-electron chi connectivity index (χ0n) is 11.8. The highest BCUT2D eigenvalue weighted by Crippen LogP contribution is 2.21. The largest absolute Gasteiger partial charge is 0.481 e. The molecule has 0 aliphatic heterocycles. The molecular formula is C14H16BrN3O3. The molecule has 112 valence electrons. The fourth-order valence-electron chi connectivity index (χ4n) is 1.92. The SMILES string of the molecule is CCN(C(=O)Nc1cc(Br)ccc1C#N)C(C)CC(=O)O. The molecule has 21 heavy (non-hydrogen) atoms. The van der Waals surface area contributed by atoms with Gasteiger partial charge < -0.3 is 15.3 Å². The van der Waals surface area contributed by atoms with Gasteiger partial charge in [0.1, 0.15) is 6.07 Å². The fourth-order valence-corrected chi connectivity index (χ4v) is 2.28. The number of benzene rings is 1. The molecule has 0 spiro atoms. The predicted molar refractivity (Wildman–Crippen MR) is 82.0 cm³/mol. The number of nitrogens with one attached hydrogen (secondary N) is 1. The lowest BCUT2D eigenvalue weighted by Crippen LogP contribution is -2.42. The zero-order chi connectivity index (χ0) is 16.0. The number of amides is 2. The van der Waals surface area contributed by atoms with Gasteiger partial charge in [-0.25, -0.2) is 4.79 Å². The van der Waals surface area contributed by atoms with Gasteiger partial charge in [0.15, 0.2) is 0 Å². The molecule has 1 rings (SSSR count). The first-order chi connectivity index (χ1) is 9.88. The number of nitrogens with zero attached hydrogens (tertiary/aromatic N) is 2. The molecule has 0 aliphatic carbocycles. The van der Waals surface area contributed by atoms with Crippen LogP contribution in [0.3, 0.4) is 0 Å². The second-order valence-electron chi connectivity index (χ2n) is 4.46. The summed E-state index contributed by atoms with van der Waals surface area (Å²) in [6.45, 7) is 3.81. The first-order valence-electron chi connectivity index (χ1n) is 6.38. The lowest BCUT2D eigenvalue weighted by molar-refractivity contribution is -0.137. The lowest BCUT2D eigenvalue weighted by Gasteiger charge is -2.27. The summed E-state index contributed by atoms with van der Waals surface area (Å²) in [5.74, 6) is -0.964. The van der Waals surface area contributed by atoms with Crippen molar-refractivity contribution in [2.24, 2.45) is 0 Å². The molecule has 0 saturated carbocycles. The summed E-state index contributed by atoms with van der Waals surface area (Å²) in [6, 6.07) is 6.06. The van der Waals surface area contributed by atoms with E-state index in [0.717, 1.165) is 4.47 Å². The minimum Gasteiger partial charge on any atom is -0.481 e. The Morgan fingerprint density at radius 2 is 2.19 bits per heavy atom. The molecule has 1 aromatic rings. The average Bonchev–Trinajstić information content (AvgIpc) is 2.38. The molecule has 0 heterocycles. The number of aliphatic carboxylic acids is 1. The van der Waals surface area contributed by atoms with E-state index in [1.807, 2.05) is 6.07 Å². The molecule has 0 aliphatic rings. The molecule has 1 aromatic carbocycles. The summed E-state index contributed by atoms with van der Waals surface area (Å²) in [7, 11) is 0. The predicted octanol–water partition coefficient (Wildman–Crippen LogP) is 3.04. The minimum atomic E-state index is -0.964. The van der Waals surface area contributed by atoms with E-state index in [1.54, 1.807) is 32.0 Å². The number of carbonyl (C=O) groups excluding carboxylic acids is 1. The lowest BCUT2D eigenvalue weighted by atomic mass is 10.2. The first kappa shape index (κ1) is 17.0. The number of anilines is 1. The third-order valence-corrected chi connectivity index (χ3v) is 3.44. The van der Waals surface area contributed by atoms with Gasteiger partial charge in [0.2, 0.25) is 0 Å². The van der Waals surface area contributed by atoms with Crippen LogP contribution < -0.4 is 5.32 Å². The van der Waals surface area contributed by atoms with Gasteiger partial charge in [0.05, 0.1) is 17.7 Å². The Morgan fingerprint density at radius 3 is 2.71 bits per heavy atom. The molecule has 1 unspecified atom stereocenters. The Labute approximate surface area is 131 Å². The number of hydrogen-bond donors (Lipinski definition) is 2. The van der Waals surface area contributed by atoms with Gasteiger partial charge in [-0.3, -0.25) is 4.79 Å². The molecule has 0 radical (unpaired) electrons. The van der Waals surface area contributed by atoms with Gasteiger partial charge in [0, 0.05) is 17.1 Å². The van der Waals surface area contributed by atoms with Crippen molar-refractivity contribution in [3.63, 3.8) is 0 Å². The van der Waals surface area contributed by atoms with Crippen LogP contribution in [0.5, 0.6) is 0 Å². The van der Waals surface area contributed by atoms with Crippen LogP contribution in [-0.2, 0) is 4.79 Å². The van der Waals surface area contributed by atoms with Crippen LogP contribution in [0.4, 0.5) is 10.5 Å². The molecule has 0 saturated heterocycles. The third kappa shape index (κ3) is 4.76. The van der Waals surface area contributed by atoms with Crippen LogP contribution in [-0.4, -0.2) is 34.6 Å². The van der Waals surface area contributed by atoms with Crippen molar-refractivity contribution in [2.45, 2.75) is 26.3 Å². The van der Waals surface area contributed by atoms with Crippen molar-refractivity contribution in [3.05, 3.63) is 28.2 Å². The number of nitriles is 1. The summed E-state index contributed by atoms with van der Waals surface area (Å²) in [4.78, 5) is 24.4. The van der Waals surface area contributed by atoms with Crippen LogP contribution in [0.1, 0.15) is 25.8 Å². The van der Waals surface area contributed by atoms with Crippen LogP contribution in [0, 0.1) is 11.3 Å². The molecule has 0 fully saturated rings. The van der Waals surface area contributed by atoms with E-state index in [4.69, 9.17) is 10.4 Å².